The molecule has 0 saturated carbocycles. The highest BCUT2D eigenvalue weighted by atomic mass is 35.5. The summed E-state index contributed by atoms with van der Waals surface area (Å²) in [7, 11) is 0. The van der Waals surface area contributed by atoms with E-state index in [0.29, 0.717) is 16.0 Å². The zero-order valence-electron chi connectivity index (χ0n) is 14.7. The van der Waals surface area contributed by atoms with E-state index in [2.05, 4.69) is 5.32 Å². The van der Waals surface area contributed by atoms with E-state index in [4.69, 9.17) is 20.8 Å². The van der Waals surface area contributed by atoms with Crippen LogP contribution in [0.1, 0.15) is 24.1 Å². The first kappa shape index (κ1) is 18.9. The molecule has 0 aliphatic heterocycles. The van der Waals surface area contributed by atoms with Gasteiger partial charge in [0.1, 0.15) is 17.1 Å². The lowest BCUT2D eigenvalue weighted by molar-refractivity contribution is -0.123. The van der Waals surface area contributed by atoms with Crippen molar-refractivity contribution in [3.8, 4) is 5.75 Å². The van der Waals surface area contributed by atoms with Crippen LogP contribution in [0.4, 0.5) is 4.39 Å². The van der Waals surface area contributed by atoms with Crippen molar-refractivity contribution in [2.75, 3.05) is 6.61 Å². The van der Waals surface area contributed by atoms with Gasteiger partial charge in [-0.3, -0.25) is 4.79 Å². The van der Waals surface area contributed by atoms with Crippen LogP contribution >= 0.6 is 11.6 Å². The number of hydrogen-bond acceptors (Lipinski definition) is 4. The van der Waals surface area contributed by atoms with Gasteiger partial charge >= 0.3 is 5.63 Å². The van der Waals surface area contributed by atoms with Crippen LogP contribution in [-0.2, 0) is 4.79 Å². The molecule has 1 atom stereocenters. The smallest absolute Gasteiger partial charge is 0.336 e. The number of aryl methyl sites for hydroxylation is 1. The van der Waals surface area contributed by atoms with Gasteiger partial charge in [-0.05, 0) is 43.2 Å². The lowest BCUT2D eigenvalue weighted by atomic mass is 10.1. The van der Waals surface area contributed by atoms with E-state index in [0.717, 1.165) is 11.1 Å². The van der Waals surface area contributed by atoms with Gasteiger partial charge in [0, 0.05) is 17.5 Å². The minimum atomic E-state index is -0.473. The largest absolute Gasteiger partial charge is 0.482 e. The average molecular weight is 390 g/mol. The summed E-state index contributed by atoms with van der Waals surface area (Å²) in [6.07, 6.45) is 0. The summed E-state index contributed by atoms with van der Waals surface area (Å²) in [5.74, 6) is -0.468. The van der Waals surface area contributed by atoms with Gasteiger partial charge in [0.25, 0.3) is 5.91 Å². The number of benzene rings is 2. The molecule has 0 radical (unpaired) electrons. The Balaban J connectivity index is 1.68. The van der Waals surface area contributed by atoms with Crippen molar-refractivity contribution < 1.29 is 18.3 Å². The molecule has 3 rings (SSSR count). The molecular formula is C20H17ClFNO4. The molecule has 7 heteroatoms. The molecule has 0 bridgehead atoms. The summed E-state index contributed by atoms with van der Waals surface area (Å²) in [4.78, 5) is 23.6. The van der Waals surface area contributed by atoms with Gasteiger partial charge in [-0.15, -0.1) is 0 Å². The topological polar surface area (TPSA) is 68.5 Å². The zero-order chi connectivity index (χ0) is 19.6. The normalized spacial score (nSPS) is 12.0. The highest BCUT2D eigenvalue weighted by Crippen LogP contribution is 2.31. The first-order valence-electron chi connectivity index (χ1n) is 8.25. The van der Waals surface area contributed by atoms with Crippen LogP contribution in [0.25, 0.3) is 11.0 Å². The Bertz CT molecular complexity index is 1050. The number of fused-ring (bicyclic) bond motifs is 1. The first-order chi connectivity index (χ1) is 12.8. The van der Waals surface area contributed by atoms with Gasteiger partial charge in [0.05, 0.1) is 11.1 Å². The lowest BCUT2D eigenvalue weighted by Gasteiger charge is -2.15. The minimum Gasteiger partial charge on any atom is -0.482 e. The summed E-state index contributed by atoms with van der Waals surface area (Å²) in [6, 6.07) is 10.1. The Morgan fingerprint density at radius 1 is 1.26 bits per heavy atom. The summed E-state index contributed by atoms with van der Waals surface area (Å²) in [5.41, 5.74) is 1.37. The number of ether oxygens (including phenoxy) is 1. The van der Waals surface area contributed by atoms with Crippen LogP contribution in [0.5, 0.6) is 5.75 Å². The molecule has 0 spiro atoms. The third-order valence-electron chi connectivity index (χ3n) is 4.11. The maximum atomic E-state index is 13.0. The fourth-order valence-electron chi connectivity index (χ4n) is 2.69. The van der Waals surface area contributed by atoms with Crippen LogP contribution < -0.4 is 15.7 Å². The van der Waals surface area contributed by atoms with E-state index in [9.17, 15) is 14.0 Å². The van der Waals surface area contributed by atoms with Gasteiger partial charge in [-0.1, -0.05) is 23.7 Å². The van der Waals surface area contributed by atoms with Gasteiger partial charge in [0.15, 0.2) is 6.61 Å². The quantitative estimate of drug-likeness (QED) is 0.665. The molecular weight excluding hydrogens is 373 g/mol. The molecule has 1 amide bonds. The van der Waals surface area contributed by atoms with Crippen molar-refractivity contribution in [2.24, 2.45) is 0 Å². The number of carbonyl (C=O) groups is 1. The van der Waals surface area contributed by atoms with E-state index >= 15 is 0 Å². The number of halogens is 2. The molecule has 0 fully saturated rings. The summed E-state index contributed by atoms with van der Waals surface area (Å²) in [6.45, 7) is 3.29. The Morgan fingerprint density at radius 2 is 1.96 bits per heavy atom. The molecule has 1 heterocycles. The highest BCUT2D eigenvalue weighted by Gasteiger charge is 2.13. The number of amides is 1. The van der Waals surface area contributed by atoms with Crippen LogP contribution in [0.15, 0.2) is 51.7 Å². The van der Waals surface area contributed by atoms with Gasteiger partial charge in [0.2, 0.25) is 0 Å². The molecule has 2 aromatic carbocycles. The molecule has 27 heavy (non-hydrogen) atoms. The predicted octanol–water partition coefficient (Wildman–Crippen LogP) is 4.15. The average Bonchev–Trinajstić information content (AvgIpc) is 2.61. The number of nitrogens with one attached hydrogen (secondary N) is 1. The molecule has 0 aliphatic rings. The Morgan fingerprint density at radius 3 is 2.67 bits per heavy atom. The molecule has 3 aromatic rings. The van der Waals surface area contributed by atoms with Crippen molar-refractivity contribution >= 4 is 28.5 Å². The van der Waals surface area contributed by atoms with E-state index in [-0.39, 0.29) is 30.1 Å². The second kappa shape index (κ2) is 7.80. The summed E-state index contributed by atoms with van der Waals surface area (Å²) < 4.78 is 23.6. The van der Waals surface area contributed by atoms with Crippen LogP contribution in [0, 0.1) is 12.7 Å². The standard InChI is InChI=1S/C20H17ClFNO4/c1-11-7-20(25)27-17-9-18(16(21)8-15(11)17)26-10-19(24)23-12(2)13-3-5-14(22)6-4-13/h3-9,12H,10H2,1-2H3,(H,23,24). The van der Waals surface area contributed by atoms with E-state index < -0.39 is 5.63 Å². The maximum absolute atomic E-state index is 13.0. The number of carbonyl (C=O) groups excluding carboxylic acids is 1. The molecule has 0 aliphatic carbocycles. The van der Waals surface area contributed by atoms with Crippen molar-refractivity contribution in [1.82, 2.24) is 5.32 Å². The molecule has 1 aromatic heterocycles. The van der Waals surface area contributed by atoms with Crippen molar-refractivity contribution in [2.45, 2.75) is 19.9 Å². The SMILES string of the molecule is Cc1cc(=O)oc2cc(OCC(=O)NC(C)c3ccc(F)cc3)c(Cl)cc12. The molecule has 140 valence electrons. The summed E-state index contributed by atoms with van der Waals surface area (Å²) >= 11 is 6.20. The monoisotopic (exact) mass is 389 g/mol. The summed E-state index contributed by atoms with van der Waals surface area (Å²) in [5, 5.41) is 3.76. The van der Waals surface area contributed by atoms with E-state index in [1.165, 1.54) is 24.3 Å². The third-order valence-corrected chi connectivity index (χ3v) is 4.41. The predicted molar refractivity (Wildman–Crippen MR) is 101 cm³/mol. The van der Waals surface area contributed by atoms with Crippen molar-refractivity contribution in [3.05, 3.63) is 74.9 Å². The number of rotatable bonds is 5. The highest BCUT2D eigenvalue weighted by molar-refractivity contribution is 6.32. The first-order valence-corrected chi connectivity index (χ1v) is 8.63. The Kier molecular flexibility index (Phi) is 5.46. The van der Waals surface area contributed by atoms with Crippen LogP contribution in [0.2, 0.25) is 5.02 Å². The lowest BCUT2D eigenvalue weighted by Crippen LogP contribution is -2.31. The third kappa shape index (κ3) is 4.46. The molecule has 0 saturated heterocycles. The van der Waals surface area contributed by atoms with Crippen molar-refractivity contribution in [1.29, 1.82) is 0 Å². The Hall–Kier alpha value is -2.86. The maximum Gasteiger partial charge on any atom is 0.336 e. The van der Waals surface area contributed by atoms with Crippen LogP contribution in [0.3, 0.4) is 0 Å². The van der Waals surface area contributed by atoms with E-state index in [1.54, 1.807) is 32.0 Å². The molecule has 1 N–H and O–H groups in total. The molecule has 1 unspecified atom stereocenters. The van der Waals surface area contributed by atoms with Crippen molar-refractivity contribution in [3.63, 3.8) is 0 Å². The Labute approximate surface area is 159 Å². The van der Waals surface area contributed by atoms with E-state index in [1.807, 2.05) is 0 Å². The number of hydrogen-bond donors (Lipinski definition) is 1. The fourth-order valence-corrected chi connectivity index (χ4v) is 2.91. The minimum absolute atomic E-state index is 0.238. The van der Waals surface area contributed by atoms with Gasteiger partial charge in [-0.25, -0.2) is 9.18 Å². The fraction of sp³-hybridized carbons (Fsp3) is 0.200. The van der Waals surface area contributed by atoms with Gasteiger partial charge < -0.3 is 14.5 Å². The molecule has 5 nitrogen and oxygen atoms in total. The second-order valence-electron chi connectivity index (χ2n) is 6.16. The zero-order valence-corrected chi connectivity index (χ0v) is 15.5. The van der Waals surface area contributed by atoms with Crippen LogP contribution in [-0.4, -0.2) is 12.5 Å². The van der Waals surface area contributed by atoms with Gasteiger partial charge in [-0.2, -0.15) is 0 Å². The second-order valence-corrected chi connectivity index (χ2v) is 6.56.